The summed E-state index contributed by atoms with van der Waals surface area (Å²) in [5, 5.41) is 0. The molecule has 0 spiro atoms. The van der Waals surface area contributed by atoms with E-state index in [9.17, 15) is 9.18 Å². The molecule has 138 valence electrons. The summed E-state index contributed by atoms with van der Waals surface area (Å²) in [6, 6.07) is 7.52. The van der Waals surface area contributed by atoms with E-state index >= 15 is 0 Å². The molecule has 1 fully saturated rings. The van der Waals surface area contributed by atoms with Crippen LogP contribution in [0, 0.1) is 5.82 Å². The first kappa shape index (κ1) is 17.9. The van der Waals surface area contributed by atoms with E-state index in [0.29, 0.717) is 37.6 Å². The molecule has 0 bridgehead atoms. The molecule has 1 amide bonds. The van der Waals surface area contributed by atoms with E-state index in [0.717, 1.165) is 0 Å². The van der Waals surface area contributed by atoms with Crippen LogP contribution in [0.2, 0.25) is 0 Å². The van der Waals surface area contributed by atoms with Crippen LogP contribution in [0.4, 0.5) is 4.39 Å². The number of hydrogen-bond acceptors (Lipinski definition) is 6. The smallest absolute Gasteiger partial charge is 0.319 e. The van der Waals surface area contributed by atoms with Crippen molar-refractivity contribution in [2.24, 2.45) is 0 Å². The summed E-state index contributed by atoms with van der Waals surface area (Å²) in [5.41, 5.74) is 0. The van der Waals surface area contributed by atoms with E-state index in [-0.39, 0.29) is 30.4 Å². The second kappa shape index (κ2) is 8.46. The van der Waals surface area contributed by atoms with Crippen molar-refractivity contribution in [3.8, 4) is 17.6 Å². The van der Waals surface area contributed by atoms with Gasteiger partial charge in [0.05, 0.1) is 7.11 Å². The Morgan fingerprint density at radius 2 is 1.96 bits per heavy atom. The first-order valence-corrected chi connectivity index (χ1v) is 8.34. The highest BCUT2D eigenvalue weighted by atomic mass is 19.1. The molecule has 0 saturated carbocycles. The second-order valence-corrected chi connectivity index (χ2v) is 5.82. The van der Waals surface area contributed by atoms with Crippen molar-refractivity contribution < 1.29 is 23.4 Å². The normalized spacial score (nSPS) is 14.8. The number of rotatable bonds is 6. The standard InChI is InChI=1S/C18H20FN3O4/c1-24-18-20-9-6-16(21-18)26-15-7-10-22(11-8-15)17(23)12-25-14-4-2-13(19)3-5-14/h2-6,9,15H,7-8,10-12H2,1H3. The fraction of sp³-hybridized carbons (Fsp3) is 0.389. The predicted octanol–water partition coefficient (Wildman–Crippen LogP) is 2.07. The third kappa shape index (κ3) is 4.81. The summed E-state index contributed by atoms with van der Waals surface area (Å²) in [6.07, 6.45) is 2.96. The van der Waals surface area contributed by atoms with Crippen LogP contribution in [-0.4, -0.2) is 53.7 Å². The van der Waals surface area contributed by atoms with Crippen molar-refractivity contribution in [2.75, 3.05) is 26.8 Å². The van der Waals surface area contributed by atoms with Gasteiger partial charge in [0, 0.05) is 38.2 Å². The van der Waals surface area contributed by atoms with Crippen LogP contribution < -0.4 is 14.2 Å². The van der Waals surface area contributed by atoms with Gasteiger partial charge in [-0.25, -0.2) is 9.37 Å². The molecule has 1 aromatic heterocycles. The van der Waals surface area contributed by atoms with Crippen molar-refractivity contribution >= 4 is 5.91 Å². The topological polar surface area (TPSA) is 73.8 Å². The molecule has 0 N–H and O–H groups in total. The highest BCUT2D eigenvalue weighted by Crippen LogP contribution is 2.19. The first-order chi connectivity index (χ1) is 12.6. The van der Waals surface area contributed by atoms with Gasteiger partial charge in [-0.3, -0.25) is 4.79 Å². The molecule has 8 heteroatoms. The quantitative estimate of drug-likeness (QED) is 0.784. The maximum Gasteiger partial charge on any atom is 0.319 e. The molecule has 0 aliphatic carbocycles. The van der Waals surface area contributed by atoms with Gasteiger partial charge in [0.2, 0.25) is 5.88 Å². The van der Waals surface area contributed by atoms with E-state index in [1.807, 2.05) is 0 Å². The molecule has 1 aromatic carbocycles. The molecule has 2 aromatic rings. The number of hydrogen-bond donors (Lipinski definition) is 0. The lowest BCUT2D eigenvalue weighted by Gasteiger charge is -2.31. The van der Waals surface area contributed by atoms with E-state index in [1.54, 1.807) is 17.2 Å². The molecule has 0 unspecified atom stereocenters. The van der Waals surface area contributed by atoms with E-state index in [2.05, 4.69) is 9.97 Å². The van der Waals surface area contributed by atoms with Gasteiger partial charge >= 0.3 is 6.01 Å². The Bertz CT molecular complexity index is 733. The Morgan fingerprint density at radius 1 is 1.23 bits per heavy atom. The number of halogens is 1. The van der Waals surface area contributed by atoms with Crippen molar-refractivity contribution in [3.05, 3.63) is 42.3 Å². The highest BCUT2D eigenvalue weighted by Gasteiger charge is 2.24. The largest absolute Gasteiger partial charge is 0.484 e. The van der Waals surface area contributed by atoms with Crippen LogP contribution in [-0.2, 0) is 4.79 Å². The van der Waals surface area contributed by atoms with Gasteiger partial charge < -0.3 is 19.1 Å². The van der Waals surface area contributed by atoms with Crippen molar-refractivity contribution in [3.63, 3.8) is 0 Å². The number of methoxy groups -OCH3 is 1. The molecule has 1 aliphatic heterocycles. The minimum Gasteiger partial charge on any atom is -0.484 e. The number of carbonyl (C=O) groups is 1. The van der Waals surface area contributed by atoms with Gasteiger partial charge in [-0.05, 0) is 24.3 Å². The lowest BCUT2D eigenvalue weighted by atomic mass is 10.1. The highest BCUT2D eigenvalue weighted by molar-refractivity contribution is 5.77. The van der Waals surface area contributed by atoms with Gasteiger partial charge in [0.25, 0.3) is 5.91 Å². The monoisotopic (exact) mass is 361 g/mol. The maximum atomic E-state index is 12.9. The Morgan fingerprint density at radius 3 is 2.65 bits per heavy atom. The SMILES string of the molecule is COc1nccc(OC2CCN(C(=O)COc3ccc(F)cc3)CC2)n1. The number of benzene rings is 1. The average Bonchev–Trinajstić information content (AvgIpc) is 2.68. The van der Waals surface area contributed by atoms with Gasteiger partial charge in [0.1, 0.15) is 17.7 Å². The summed E-state index contributed by atoms with van der Waals surface area (Å²) in [5.74, 6) is 0.487. The van der Waals surface area contributed by atoms with Gasteiger partial charge in [-0.1, -0.05) is 0 Å². The molecule has 26 heavy (non-hydrogen) atoms. The van der Waals surface area contributed by atoms with Crippen LogP contribution in [0.1, 0.15) is 12.8 Å². The van der Waals surface area contributed by atoms with Crippen molar-refractivity contribution in [1.82, 2.24) is 14.9 Å². The fourth-order valence-electron chi connectivity index (χ4n) is 2.65. The average molecular weight is 361 g/mol. The molecular weight excluding hydrogens is 341 g/mol. The molecule has 1 saturated heterocycles. The number of piperidine rings is 1. The molecular formula is C18H20FN3O4. The third-order valence-electron chi connectivity index (χ3n) is 4.05. The lowest BCUT2D eigenvalue weighted by molar-refractivity contribution is -0.135. The number of carbonyl (C=O) groups excluding carboxylic acids is 1. The minimum atomic E-state index is -0.341. The molecule has 3 rings (SSSR count). The number of likely N-dealkylation sites (tertiary alicyclic amines) is 1. The Balaban J connectivity index is 1.43. The molecule has 0 atom stereocenters. The summed E-state index contributed by atoms with van der Waals surface area (Å²) in [6.45, 7) is 1.09. The van der Waals surface area contributed by atoms with Crippen LogP contribution >= 0.6 is 0 Å². The van der Waals surface area contributed by atoms with Crippen LogP contribution in [0.3, 0.4) is 0 Å². The van der Waals surface area contributed by atoms with E-state index in [4.69, 9.17) is 14.2 Å². The summed E-state index contributed by atoms with van der Waals surface area (Å²) in [7, 11) is 1.50. The zero-order chi connectivity index (χ0) is 18.4. The van der Waals surface area contributed by atoms with Gasteiger partial charge in [-0.2, -0.15) is 4.98 Å². The molecule has 1 aliphatic rings. The van der Waals surface area contributed by atoms with Crippen molar-refractivity contribution in [1.29, 1.82) is 0 Å². The summed E-state index contributed by atoms with van der Waals surface area (Å²) < 4.78 is 29.1. The number of aromatic nitrogens is 2. The van der Waals surface area contributed by atoms with Crippen molar-refractivity contribution in [2.45, 2.75) is 18.9 Å². The second-order valence-electron chi connectivity index (χ2n) is 5.82. The molecule has 2 heterocycles. The zero-order valence-corrected chi connectivity index (χ0v) is 14.4. The Kier molecular flexibility index (Phi) is 5.83. The summed E-state index contributed by atoms with van der Waals surface area (Å²) in [4.78, 5) is 22.0. The number of nitrogens with zero attached hydrogens (tertiary/aromatic N) is 3. The number of ether oxygens (including phenoxy) is 3. The third-order valence-corrected chi connectivity index (χ3v) is 4.05. The first-order valence-electron chi connectivity index (χ1n) is 8.34. The molecule has 7 nitrogen and oxygen atoms in total. The Labute approximate surface area is 150 Å². The van der Waals surface area contributed by atoms with Crippen LogP contribution in [0.5, 0.6) is 17.6 Å². The van der Waals surface area contributed by atoms with Gasteiger partial charge in [-0.15, -0.1) is 0 Å². The van der Waals surface area contributed by atoms with E-state index < -0.39 is 0 Å². The summed E-state index contributed by atoms with van der Waals surface area (Å²) >= 11 is 0. The molecule has 0 radical (unpaired) electrons. The Hall–Kier alpha value is -2.90. The van der Waals surface area contributed by atoms with Crippen LogP contribution in [0.25, 0.3) is 0 Å². The zero-order valence-electron chi connectivity index (χ0n) is 14.4. The lowest BCUT2D eigenvalue weighted by Crippen LogP contribution is -2.43. The van der Waals surface area contributed by atoms with E-state index in [1.165, 1.54) is 31.4 Å². The maximum absolute atomic E-state index is 12.9. The number of amides is 1. The van der Waals surface area contributed by atoms with Gasteiger partial charge in [0.15, 0.2) is 6.61 Å². The minimum absolute atomic E-state index is 0.0170. The van der Waals surface area contributed by atoms with Crippen LogP contribution in [0.15, 0.2) is 36.5 Å². The predicted molar refractivity (Wildman–Crippen MR) is 90.7 cm³/mol. The fourth-order valence-corrected chi connectivity index (χ4v) is 2.65.